The Morgan fingerprint density at radius 1 is 0.815 bits per heavy atom. The Kier molecular flexibility index (Phi) is 9.17. The molecule has 0 saturated carbocycles. The summed E-state index contributed by atoms with van der Waals surface area (Å²) in [5.74, 6) is 1.10. The highest BCUT2D eigenvalue weighted by Crippen LogP contribution is 2.24. The molecule has 6 nitrogen and oxygen atoms in total. The van der Waals surface area contributed by atoms with Crippen molar-refractivity contribution in [1.82, 2.24) is 0 Å². The third-order valence-corrected chi connectivity index (χ3v) is 3.64. The van der Waals surface area contributed by atoms with Crippen molar-refractivity contribution in [2.24, 2.45) is 0 Å². The Hall–Kier alpha value is -2.57. The van der Waals surface area contributed by atoms with Gasteiger partial charge in [-0.25, -0.2) is 0 Å². The molecule has 2 aromatic rings. The molecule has 0 bridgehead atoms. The first-order valence-corrected chi connectivity index (χ1v) is 9.16. The monoisotopic (exact) mass is 373 g/mol. The molecule has 0 atom stereocenters. The van der Waals surface area contributed by atoms with Crippen molar-refractivity contribution in [1.29, 1.82) is 0 Å². The Balaban J connectivity index is 1.91. The molecule has 0 aliphatic rings. The summed E-state index contributed by atoms with van der Waals surface area (Å²) in [6.45, 7) is 7.13. The highest BCUT2D eigenvalue weighted by molar-refractivity contribution is 6.05. The lowest BCUT2D eigenvalue weighted by Crippen LogP contribution is -2.14. The molecule has 6 heteroatoms. The van der Waals surface area contributed by atoms with Crippen LogP contribution >= 0.6 is 0 Å². The Morgan fingerprint density at radius 3 is 2.11 bits per heavy atom. The van der Waals surface area contributed by atoms with Gasteiger partial charge in [0.25, 0.3) is 5.91 Å². The number of nitrogens with one attached hydrogen (secondary N) is 1. The number of hydrogen-bond acceptors (Lipinski definition) is 5. The zero-order chi connectivity index (χ0) is 19.3. The predicted molar refractivity (Wildman–Crippen MR) is 105 cm³/mol. The molecule has 0 aliphatic heterocycles. The van der Waals surface area contributed by atoms with Gasteiger partial charge in [-0.2, -0.15) is 0 Å². The van der Waals surface area contributed by atoms with Crippen LogP contribution < -0.4 is 14.8 Å². The molecule has 0 aliphatic carbocycles. The van der Waals surface area contributed by atoms with E-state index in [1.54, 1.807) is 30.3 Å². The summed E-state index contributed by atoms with van der Waals surface area (Å²) in [7, 11) is 0. The second kappa shape index (κ2) is 11.9. The number of amides is 1. The first-order valence-electron chi connectivity index (χ1n) is 9.16. The van der Waals surface area contributed by atoms with Gasteiger partial charge in [0.15, 0.2) is 0 Å². The number of rotatable bonds is 12. The molecule has 0 radical (unpaired) electrons. The van der Waals surface area contributed by atoms with E-state index in [1.165, 1.54) is 0 Å². The highest BCUT2D eigenvalue weighted by atomic mass is 16.5. The molecule has 0 unspecified atom stereocenters. The van der Waals surface area contributed by atoms with Gasteiger partial charge in [-0.15, -0.1) is 0 Å². The van der Waals surface area contributed by atoms with Crippen LogP contribution in [0.1, 0.15) is 24.2 Å². The molecule has 0 saturated heterocycles. The maximum Gasteiger partial charge on any atom is 0.255 e. The van der Waals surface area contributed by atoms with E-state index in [1.807, 2.05) is 32.0 Å². The maximum absolute atomic E-state index is 12.5. The topological polar surface area (TPSA) is 66.0 Å². The minimum atomic E-state index is -0.211. The highest BCUT2D eigenvalue weighted by Gasteiger charge is 2.10. The SMILES string of the molecule is CCOCCOc1ccc(C(=O)Nc2ccccc2OCCOCC)cc1. The van der Waals surface area contributed by atoms with Crippen molar-refractivity contribution in [3.8, 4) is 11.5 Å². The quantitative estimate of drug-likeness (QED) is 0.574. The average molecular weight is 373 g/mol. The second-order valence-corrected chi connectivity index (χ2v) is 5.57. The number of benzene rings is 2. The van der Waals surface area contributed by atoms with E-state index in [0.29, 0.717) is 62.4 Å². The van der Waals surface area contributed by atoms with E-state index in [2.05, 4.69) is 5.32 Å². The van der Waals surface area contributed by atoms with Crippen LogP contribution in [0, 0.1) is 0 Å². The Labute approximate surface area is 160 Å². The van der Waals surface area contributed by atoms with Crippen LogP contribution in [0.15, 0.2) is 48.5 Å². The van der Waals surface area contributed by atoms with Gasteiger partial charge in [0.1, 0.15) is 24.7 Å². The van der Waals surface area contributed by atoms with E-state index in [0.717, 1.165) is 0 Å². The van der Waals surface area contributed by atoms with E-state index >= 15 is 0 Å². The molecule has 2 aromatic carbocycles. The van der Waals surface area contributed by atoms with E-state index < -0.39 is 0 Å². The van der Waals surface area contributed by atoms with Gasteiger partial charge in [0, 0.05) is 18.8 Å². The summed E-state index contributed by atoms with van der Waals surface area (Å²) in [4.78, 5) is 12.5. The minimum Gasteiger partial charge on any atom is -0.491 e. The van der Waals surface area contributed by atoms with E-state index in [9.17, 15) is 4.79 Å². The fourth-order valence-corrected chi connectivity index (χ4v) is 2.31. The Morgan fingerprint density at radius 2 is 1.44 bits per heavy atom. The minimum absolute atomic E-state index is 0.211. The van der Waals surface area contributed by atoms with Crippen LogP contribution in [0.4, 0.5) is 5.69 Å². The fraction of sp³-hybridized carbons (Fsp3) is 0.381. The zero-order valence-electron chi connectivity index (χ0n) is 15.9. The maximum atomic E-state index is 12.5. The lowest BCUT2D eigenvalue weighted by Gasteiger charge is -2.13. The third-order valence-electron chi connectivity index (χ3n) is 3.64. The van der Waals surface area contributed by atoms with Gasteiger partial charge in [0.2, 0.25) is 0 Å². The van der Waals surface area contributed by atoms with Gasteiger partial charge < -0.3 is 24.3 Å². The molecule has 27 heavy (non-hydrogen) atoms. The number of anilines is 1. The predicted octanol–water partition coefficient (Wildman–Crippen LogP) is 3.77. The first-order chi connectivity index (χ1) is 13.2. The molecular weight excluding hydrogens is 346 g/mol. The molecule has 0 spiro atoms. The third kappa shape index (κ3) is 7.29. The van der Waals surface area contributed by atoms with Crippen LogP contribution in [-0.4, -0.2) is 45.5 Å². The second-order valence-electron chi connectivity index (χ2n) is 5.57. The molecule has 0 fully saturated rings. The largest absolute Gasteiger partial charge is 0.491 e. The average Bonchev–Trinajstić information content (AvgIpc) is 2.70. The van der Waals surface area contributed by atoms with Crippen molar-refractivity contribution in [3.05, 3.63) is 54.1 Å². The normalized spacial score (nSPS) is 10.4. The van der Waals surface area contributed by atoms with E-state index in [-0.39, 0.29) is 5.91 Å². The van der Waals surface area contributed by atoms with Crippen LogP contribution in [0.2, 0.25) is 0 Å². The molecule has 0 heterocycles. The van der Waals surface area contributed by atoms with Crippen molar-refractivity contribution < 1.29 is 23.7 Å². The summed E-state index contributed by atoms with van der Waals surface area (Å²) in [6.07, 6.45) is 0. The van der Waals surface area contributed by atoms with E-state index in [4.69, 9.17) is 18.9 Å². The van der Waals surface area contributed by atoms with Gasteiger partial charge in [-0.1, -0.05) is 12.1 Å². The molecule has 0 aromatic heterocycles. The number of hydrogen-bond donors (Lipinski definition) is 1. The number of ether oxygens (including phenoxy) is 4. The van der Waals surface area contributed by atoms with Gasteiger partial charge in [-0.3, -0.25) is 4.79 Å². The fourth-order valence-electron chi connectivity index (χ4n) is 2.31. The molecular formula is C21H27NO5. The van der Waals surface area contributed by atoms with Gasteiger partial charge in [-0.05, 0) is 50.2 Å². The molecule has 146 valence electrons. The van der Waals surface area contributed by atoms with Crippen molar-refractivity contribution in [2.45, 2.75) is 13.8 Å². The van der Waals surface area contributed by atoms with Crippen LogP contribution in [-0.2, 0) is 9.47 Å². The molecule has 1 amide bonds. The Bertz CT molecular complexity index is 687. The molecule has 1 N–H and O–H groups in total. The smallest absolute Gasteiger partial charge is 0.255 e. The molecule has 2 rings (SSSR count). The van der Waals surface area contributed by atoms with Crippen LogP contribution in [0.5, 0.6) is 11.5 Å². The van der Waals surface area contributed by atoms with Crippen LogP contribution in [0.3, 0.4) is 0 Å². The number of carbonyl (C=O) groups excluding carboxylic acids is 1. The number of para-hydroxylation sites is 2. The summed E-state index contributed by atoms with van der Waals surface area (Å²) < 4.78 is 21.7. The van der Waals surface area contributed by atoms with Crippen molar-refractivity contribution in [3.63, 3.8) is 0 Å². The van der Waals surface area contributed by atoms with Gasteiger partial charge >= 0.3 is 0 Å². The zero-order valence-corrected chi connectivity index (χ0v) is 15.9. The first kappa shape index (κ1) is 20.7. The summed E-state index contributed by atoms with van der Waals surface area (Å²) >= 11 is 0. The van der Waals surface area contributed by atoms with Crippen LogP contribution in [0.25, 0.3) is 0 Å². The summed E-state index contributed by atoms with van der Waals surface area (Å²) in [5, 5.41) is 2.88. The summed E-state index contributed by atoms with van der Waals surface area (Å²) in [6, 6.07) is 14.3. The lowest BCUT2D eigenvalue weighted by molar-refractivity contribution is 0.102. The van der Waals surface area contributed by atoms with Gasteiger partial charge in [0.05, 0.1) is 18.9 Å². The summed E-state index contributed by atoms with van der Waals surface area (Å²) in [5.41, 5.74) is 1.16. The standard InChI is InChI=1S/C21H27NO5/c1-3-24-13-15-26-18-11-9-17(10-12-18)21(23)22-19-7-5-6-8-20(19)27-16-14-25-4-2/h5-12H,3-4,13-16H2,1-2H3,(H,22,23). The van der Waals surface area contributed by atoms with Crippen molar-refractivity contribution >= 4 is 11.6 Å². The number of carbonyl (C=O) groups is 1. The van der Waals surface area contributed by atoms with Crippen molar-refractivity contribution in [2.75, 3.05) is 45.0 Å². The lowest BCUT2D eigenvalue weighted by atomic mass is 10.2.